The summed E-state index contributed by atoms with van der Waals surface area (Å²) in [4.78, 5) is 0. The highest BCUT2D eigenvalue weighted by molar-refractivity contribution is 7.94. The molecule has 0 amide bonds. The van der Waals surface area contributed by atoms with Crippen molar-refractivity contribution in [2.24, 2.45) is 0 Å². The fraction of sp³-hybridized carbons (Fsp3) is 1.00. The minimum Gasteiger partial charge on any atom is -0.708 e. The summed E-state index contributed by atoms with van der Waals surface area (Å²) in [6.45, 7) is 47.7. The predicted molar refractivity (Wildman–Crippen MR) is 197 cm³/mol. The summed E-state index contributed by atoms with van der Waals surface area (Å²) < 4.78 is 35.3. The molecule has 12 heteroatoms. The van der Waals surface area contributed by atoms with Crippen molar-refractivity contribution in [3.8, 4) is 0 Å². The Morgan fingerprint density at radius 2 is 0.364 bits per heavy atom. The molecule has 0 spiro atoms. The molecule has 0 unspecified atom stereocenters. The van der Waals surface area contributed by atoms with Crippen LogP contribution in [0, 0.1) is 0 Å². The first-order valence-corrected chi connectivity index (χ1v) is 21.3. The average molecular weight is 707 g/mol. The van der Waals surface area contributed by atoms with Gasteiger partial charge in [-0.15, -0.1) is 0 Å². The smallest absolute Gasteiger partial charge is 0.346 e. The molecular formula is C32H78N2O6S2Si2. The van der Waals surface area contributed by atoms with Gasteiger partial charge < -0.3 is 62.2 Å². The Morgan fingerprint density at radius 1 is 0.295 bits per heavy atom. The SMILES string of the molecule is CC(C)(C)O[Si]([S-])(OC(C)(C)C)OC(C)(C)C.CC(C)(C)O[Si]([S-])(OC(C)(C)C)OC(C)(C)C.CC(C)(C)[NH3+].CC(C)(C)[NH3+]. The van der Waals surface area contributed by atoms with Crippen LogP contribution in [-0.2, 0) is 50.7 Å². The molecule has 0 bridgehead atoms. The quantitative estimate of drug-likeness (QED) is 0.227. The zero-order chi connectivity index (χ0) is 37.2. The van der Waals surface area contributed by atoms with E-state index in [4.69, 9.17) is 50.7 Å². The first-order chi connectivity index (χ1) is 18.2. The van der Waals surface area contributed by atoms with Crippen LogP contribution >= 0.6 is 0 Å². The van der Waals surface area contributed by atoms with Gasteiger partial charge in [0, 0.05) is 0 Å². The Balaban J connectivity index is -0.000000278. The number of rotatable bonds is 6. The molecule has 0 fully saturated rings. The Morgan fingerprint density at radius 3 is 0.409 bits per heavy atom. The van der Waals surface area contributed by atoms with Crippen LogP contribution in [-0.4, -0.2) is 60.6 Å². The summed E-state index contributed by atoms with van der Waals surface area (Å²) in [5.74, 6) is 0. The highest BCUT2D eigenvalue weighted by Gasteiger charge is 2.38. The predicted octanol–water partition coefficient (Wildman–Crippen LogP) is 6.88. The minimum atomic E-state index is -3.07. The van der Waals surface area contributed by atoms with Gasteiger partial charge in [-0.25, -0.2) is 0 Å². The van der Waals surface area contributed by atoms with Crippen LogP contribution in [0.1, 0.15) is 166 Å². The molecule has 0 aliphatic rings. The second-order valence-corrected chi connectivity index (χ2v) is 25.6. The van der Waals surface area contributed by atoms with Gasteiger partial charge in [0.25, 0.3) is 0 Å². The van der Waals surface area contributed by atoms with Crippen molar-refractivity contribution in [3.05, 3.63) is 0 Å². The van der Waals surface area contributed by atoms with Gasteiger partial charge in [0.2, 0.25) is 0 Å². The fourth-order valence-electron chi connectivity index (χ4n) is 2.38. The Kier molecular flexibility index (Phi) is 21.1. The van der Waals surface area contributed by atoms with Gasteiger partial charge in [-0.1, -0.05) is 0 Å². The van der Waals surface area contributed by atoms with Crippen molar-refractivity contribution in [1.29, 1.82) is 0 Å². The van der Waals surface area contributed by atoms with Gasteiger partial charge in [0.05, 0.1) is 44.7 Å². The van der Waals surface area contributed by atoms with Crippen LogP contribution < -0.4 is 11.5 Å². The monoisotopic (exact) mass is 706 g/mol. The van der Waals surface area contributed by atoms with E-state index in [1.165, 1.54) is 0 Å². The molecule has 44 heavy (non-hydrogen) atoms. The maximum atomic E-state index is 5.89. The van der Waals surface area contributed by atoms with E-state index in [1.807, 2.05) is 125 Å². The summed E-state index contributed by atoms with van der Waals surface area (Å²) in [7, 11) is -6.14. The molecule has 8 nitrogen and oxygen atoms in total. The van der Waals surface area contributed by atoms with E-state index in [0.29, 0.717) is 0 Å². The van der Waals surface area contributed by atoms with Crippen molar-refractivity contribution in [2.75, 3.05) is 0 Å². The molecule has 0 aromatic heterocycles. The van der Waals surface area contributed by atoms with Gasteiger partial charge in [-0.2, -0.15) is 0 Å². The third-order valence-electron chi connectivity index (χ3n) is 2.59. The molecule has 0 rings (SSSR count). The summed E-state index contributed by atoms with van der Waals surface area (Å²) in [5.41, 5.74) is 5.82. The van der Waals surface area contributed by atoms with E-state index in [2.05, 4.69) is 53.0 Å². The second-order valence-electron chi connectivity index (χ2n) is 19.4. The van der Waals surface area contributed by atoms with Crippen LogP contribution in [0.25, 0.3) is 0 Å². The van der Waals surface area contributed by atoms with E-state index in [9.17, 15) is 0 Å². The zero-order valence-electron chi connectivity index (χ0n) is 33.7. The Labute approximate surface area is 288 Å². The molecule has 0 radical (unpaired) electrons. The molecule has 6 N–H and O–H groups in total. The number of hydrogen-bond donors (Lipinski definition) is 2. The molecule has 0 aromatic carbocycles. The normalized spacial score (nSPS) is 14.5. The average Bonchev–Trinajstić information content (AvgIpc) is 2.36. The van der Waals surface area contributed by atoms with Gasteiger partial charge >= 0.3 is 15.9 Å². The lowest BCUT2D eigenvalue weighted by atomic mass is 10.1. The number of quaternary nitrogens is 2. The maximum absolute atomic E-state index is 5.89. The minimum absolute atomic E-state index is 0.250. The first kappa shape index (κ1) is 51.6. The van der Waals surface area contributed by atoms with Gasteiger partial charge in [0.15, 0.2) is 0 Å². The van der Waals surface area contributed by atoms with Crippen molar-refractivity contribution >= 4 is 40.1 Å². The van der Waals surface area contributed by atoms with Gasteiger partial charge in [-0.05, 0) is 166 Å². The highest BCUT2D eigenvalue weighted by atomic mass is 32.3. The molecule has 0 aliphatic carbocycles. The van der Waals surface area contributed by atoms with Crippen molar-refractivity contribution in [2.45, 2.75) is 211 Å². The molecule has 0 aliphatic heterocycles. The lowest BCUT2D eigenvalue weighted by molar-refractivity contribution is -0.459. The van der Waals surface area contributed by atoms with Gasteiger partial charge in [0.1, 0.15) is 0 Å². The van der Waals surface area contributed by atoms with Crippen LogP contribution in [0.5, 0.6) is 0 Å². The summed E-state index contributed by atoms with van der Waals surface area (Å²) in [5, 5.41) is 0. The van der Waals surface area contributed by atoms with E-state index < -0.39 is 15.9 Å². The van der Waals surface area contributed by atoms with Crippen LogP contribution in [0.4, 0.5) is 0 Å². The van der Waals surface area contributed by atoms with Gasteiger partial charge in [-0.3, -0.25) is 0 Å². The van der Waals surface area contributed by atoms with Crippen molar-refractivity contribution < 1.29 is 38.0 Å². The van der Waals surface area contributed by atoms with Crippen molar-refractivity contribution in [3.63, 3.8) is 0 Å². The molecule has 0 heterocycles. The first-order valence-electron chi connectivity index (χ1n) is 15.6. The zero-order valence-corrected chi connectivity index (χ0v) is 37.3. The van der Waals surface area contributed by atoms with Crippen LogP contribution in [0.2, 0.25) is 0 Å². The fourth-order valence-corrected chi connectivity index (χ4v) is 11.6. The van der Waals surface area contributed by atoms with Crippen LogP contribution in [0.3, 0.4) is 0 Å². The summed E-state index contributed by atoms with van der Waals surface area (Å²) >= 11 is 11.0. The lowest BCUT2D eigenvalue weighted by Gasteiger charge is -2.48. The van der Waals surface area contributed by atoms with E-state index in [-0.39, 0.29) is 44.7 Å². The van der Waals surface area contributed by atoms with E-state index in [0.717, 1.165) is 0 Å². The highest BCUT2D eigenvalue weighted by Crippen LogP contribution is 2.28. The molecule has 0 aromatic rings. The standard InChI is InChI=1S/2C12H27O3SSi.2C4H11N/c2*1-10(2,3)13-17(16,14-11(4,5)6)15-12(7,8)9;2*1-4(2,3)5/h2*1-9H3;2*5H2,1-3H3/q2*-1;;/p+2. The summed E-state index contributed by atoms with van der Waals surface area (Å²) in [6.07, 6.45) is 0. The maximum Gasteiger partial charge on any atom is 0.346 e. The summed E-state index contributed by atoms with van der Waals surface area (Å²) in [6, 6.07) is 0. The van der Waals surface area contributed by atoms with Crippen LogP contribution in [0.15, 0.2) is 0 Å². The Bertz CT molecular complexity index is 617. The lowest BCUT2D eigenvalue weighted by Crippen LogP contribution is -2.67. The third-order valence-corrected chi connectivity index (χ3v) is 9.26. The third kappa shape index (κ3) is 55.2. The molecular weight excluding hydrogens is 629 g/mol. The van der Waals surface area contributed by atoms with E-state index >= 15 is 0 Å². The molecule has 0 atom stereocenters. The van der Waals surface area contributed by atoms with E-state index in [1.54, 1.807) is 0 Å². The Hall–Kier alpha value is 0.814. The second kappa shape index (κ2) is 18.0. The molecule has 272 valence electrons. The molecule has 0 saturated carbocycles. The topological polar surface area (TPSA) is 111 Å². The largest absolute Gasteiger partial charge is 0.708 e. The number of hydrogen-bond acceptors (Lipinski definition) is 8. The molecule has 0 saturated heterocycles. The van der Waals surface area contributed by atoms with Crippen molar-refractivity contribution in [1.82, 2.24) is 0 Å².